The molecule has 0 amide bonds. The zero-order valence-electron chi connectivity index (χ0n) is 15.8. The molecule has 1 rings (SSSR count). The van der Waals surface area contributed by atoms with Crippen molar-refractivity contribution in [3.05, 3.63) is 12.2 Å². The number of aliphatic hydroxyl groups is 3. The van der Waals surface area contributed by atoms with Crippen LogP contribution in [0.25, 0.3) is 0 Å². The van der Waals surface area contributed by atoms with Gasteiger partial charge >= 0.3 is 0 Å². The lowest BCUT2D eigenvalue weighted by Crippen LogP contribution is -2.55. The zero-order chi connectivity index (χ0) is 18.3. The van der Waals surface area contributed by atoms with E-state index in [4.69, 9.17) is 14.6 Å². The van der Waals surface area contributed by atoms with E-state index in [0.29, 0.717) is 6.61 Å². The molecular weight excluding hydrogens is 320 g/mol. The van der Waals surface area contributed by atoms with Crippen molar-refractivity contribution >= 4 is 0 Å². The predicted octanol–water partition coefficient (Wildman–Crippen LogP) is 2.96. The van der Waals surface area contributed by atoms with Crippen LogP contribution < -0.4 is 0 Å². The fraction of sp³-hybridized carbons (Fsp3) is 0.900. The smallest absolute Gasteiger partial charge is 0.114 e. The second kappa shape index (κ2) is 14.7. The largest absolute Gasteiger partial charge is 0.394 e. The average Bonchev–Trinajstić information content (AvgIpc) is 2.61. The number of allylic oxidation sites excluding steroid dienone is 2. The van der Waals surface area contributed by atoms with Gasteiger partial charge in [-0.1, -0.05) is 57.6 Å². The Labute approximate surface area is 153 Å². The standard InChI is InChI=1S/C20H38O5/c1-2-3-4-5-6-7-8-9-10-11-12-13-14-24-20-17(22)16-25-18(15-21)19(20)23/h3-4,17-23H,2,5-16H2,1H3/b4-3+/t17-,18+,19+,20+/m1/s1. The van der Waals surface area contributed by atoms with E-state index in [0.717, 1.165) is 19.3 Å². The fourth-order valence-corrected chi connectivity index (χ4v) is 3.15. The molecule has 0 saturated carbocycles. The highest BCUT2D eigenvalue weighted by Crippen LogP contribution is 2.19. The zero-order valence-corrected chi connectivity index (χ0v) is 15.8. The molecule has 5 nitrogen and oxygen atoms in total. The van der Waals surface area contributed by atoms with E-state index < -0.39 is 24.4 Å². The van der Waals surface area contributed by atoms with E-state index in [-0.39, 0.29) is 13.2 Å². The summed E-state index contributed by atoms with van der Waals surface area (Å²) in [5.41, 5.74) is 0. The Morgan fingerprint density at radius 3 is 2.24 bits per heavy atom. The van der Waals surface area contributed by atoms with Crippen molar-refractivity contribution in [1.82, 2.24) is 0 Å². The van der Waals surface area contributed by atoms with Crippen LogP contribution in [0.2, 0.25) is 0 Å². The van der Waals surface area contributed by atoms with Gasteiger partial charge in [0.15, 0.2) is 0 Å². The van der Waals surface area contributed by atoms with Crippen LogP contribution in [0.1, 0.15) is 71.1 Å². The van der Waals surface area contributed by atoms with Crippen LogP contribution in [-0.4, -0.2) is 59.6 Å². The first-order chi connectivity index (χ1) is 12.2. The number of hydrogen-bond donors (Lipinski definition) is 3. The van der Waals surface area contributed by atoms with E-state index >= 15 is 0 Å². The maximum absolute atomic E-state index is 10.0. The molecule has 25 heavy (non-hydrogen) atoms. The highest BCUT2D eigenvalue weighted by molar-refractivity contribution is 4.87. The van der Waals surface area contributed by atoms with E-state index in [1.54, 1.807) is 0 Å². The van der Waals surface area contributed by atoms with Gasteiger partial charge in [0.05, 0.1) is 13.2 Å². The molecule has 0 radical (unpaired) electrons. The number of hydrogen-bond acceptors (Lipinski definition) is 5. The second-order valence-corrected chi connectivity index (χ2v) is 6.94. The monoisotopic (exact) mass is 358 g/mol. The molecule has 148 valence electrons. The number of aliphatic hydroxyl groups excluding tert-OH is 3. The summed E-state index contributed by atoms with van der Waals surface area (Å²) in [5.74, 6) is 0. The first-order valence-electron chi connectivity index (χ1n) is 10.1. The molecule has 5 heteroatoms. The molecule has 0 unspecified atom stereocenters. The number of unbranched alkanes of at least 4 members (excludes halogenated alkanes) is 8. The van der Waals surface area contributed by atoms with Crippen molar-refractivity contribution in [3.8, 4) is 0 Å². The summed E-state index contributed by atoms with van der Waals surface area (Å²) in [6.45, 7) is 2.53. The summed E-state index contributed by atoms with van der Waals surface area (Å²) in [7, 11) is 0. The predicted molar refractivity (Wildman–Crippen MR) is 99.6 cm³/mol. The van der Waals surface area contributed by atoms with Gasteiger partial charge in [0.25, 0.3) is 0 Å². The van der Waals surface area contributed by atoms with Crippen molar-refractivity contribution in [3.63, 3.8) is 0 Å². The van der Waals surface area contributed by atoms with E-state index in [1.165, 1.54) is 44.9 Å². The number of ether oxygens (including phenoxy) is 2. The summed E-state index contributed by atoms with van der Waals surface area (Å²) in [6.07, 6.45) is 13.5. The molecule has 1 fully saturated rings. The lowest BCUT2D eigenvalue weighted by molar-refractivity contribution is -0.210. The average molecular weight is 359 g/mol. The molecule has 0 aliphatic carbocycles. The Bertz CT molecular complexity index is 334. The summed E-state index contributed by atoms with van der Waals surface area (Å²) in [6, 6.07) is 0. The molecule has 1 aliphatic heterocycles. The van der Waals surface area contributed by atoms with Gasteiger partial charge in [-0.05, 0) is 25.7 Å². The minimum absolute atomic E-state index is 0.0984. The summed E-state index contributed by atoms with van der Waals surface area (Å²) in [4.78, 5) is 0. The molecule has 1 heterocycles. The van der Waals surface area contributed by atoms with Crippen LogP contribution in [0.15, 0.2) is 12.2 Å². The Kier molecular flexibility index (Phi) is 13.3. The molecule has 0 spiro atoms. The molecule has 1 saturated heterocycles. The minimum Gasteiger partial charge on any atom is -0.394 e. The molecule has 0 aromatic rings. The molecule has 3 N–H and O–H groups in total. The third-order valence-electron chi connectivity index (χ3n) is 4.74. The van der Waals surface area contributed by atoms with E-state index in [9.17, 15) is 10.2 Å². The Morgan fingerprint density at radius 1 is 0.960 bits per heavy atom. The van der Waals surface area contributed by atoms with Crippen molar-refractivity contribution in [1.29, 1.82) is 0 Å². The minimum atomic E-state index is -0.971. The van der Waals surface area contributed by atoms with Gasteiger partial charge in [-0.25, -0.2) is 0 Å². The van der Waals surface area contributed by atoms with Gasteiger partial charge in [0.2, 0.25) is 0 Å². The molecular formula is C20H38O5. The normalized spacial score (nSPS) is 27.2. The van der Waals surface area contributed by atoms with Gasteiger partial charge in [0.1, 0.15) is 24.4 Å². The molecule has 1 aliphatic rings. The van der Waals surface area contributed by atoms with Crippen LogP contribution in [0.3, 0.4) is 0 Å². The molecule has 0 aromatic carbocycles. The van der Waals surface area contributed by atoms with Crippen LogP contribution in [0.5, 0.6) is 0 Å². The van der Waals surface area contributed by atoms with Crippen molar-refractivity contribution in [2.75, 3.05) is 19.8 Å². The molecule has 4 atom stereocenters. The first kappa shape index (κ1) is 22.6. The summed E-state index contributed by atoms with van der Waals surface area (Å²) >= 11 is 0. The third-order valence-corrected chi connectivity index (χ3v) is 4.74. The van der Waals surface area contributed by atoms with Crippen LogP contribution in [0, 0.1) is 0 Å². The van der Waals surface area contributed by atoms with Gasteiger partial charge in [-0.2, -0.15) is 0 Å². The van der Waals surface area contributed by atoms with Crippen molar-refractivity contribution < 1.29 is 24.8 Å². The summed E-state index contributed by atoms with van der Waals surface area (Å²) in [5, 5.41) is 29.0. The Balaban J connectivity index is 1.93. The quantitative estimate of drug-likeness (QED) is 0.329. The van der Waals surface area contributed by atoms with E-state index in [2.05, 4.69) is 19.1 Å². The van der Waals surface area contributed by atoms with Crippen molar-refractivity contribution in [2.45, 2.75) is 95.5 Å². The highest BCUT2D eigenvalue weighted by atomic mass is 16.6. The van der Waals surface area contributed by atoms with Gasteiger partial charge in [0, 0.05) is 6.61 Å². The second-order valence-electron chi connectivity index (χ2n) is 6.94. The topological polar surface area (TPSA) is 79.2 Å². The SMILES string of the molecule is CC/C=C/CCCCCCCCCCO[C@@H]1[C@@H](O)[C@H](CO)OC[C@H]1O. The lowest BCUT2D eigenvalue weighted by atomic mass is 10.0. The molecule has 0 aromatic heterocycles. The van der Waals surface area contributed by atoms with Crippen LogP contribution in [-0.2, 0) is 9.47 Å². The first-order valence-corrected chi connectivity index (χ1v) is 10.1. The van der Waals surface area contributed by atoms with Crippen LogP contribution in [0.4, 0.5) is 0 Å². The maximum Gasteiger partial charge on any atom is 0.114 e. The van der Waals surface area contributed by atoms with Gasteiger partial charge in [-0.3, -0.25) is 0 Å². The van der Waals surface area contributed by atoms with Gasteiger partial charge < -0.3 is 24.8 Å². The van der Waals surface area contributed by atoms with Gasteiger partial charge in [-0.15, -0.1) is 0 Å². The summed E-state index contributed by atoms with van der Waals surface area (Å²) < 4.78 is 10.8. The van der Waals surface area contributed by atoms with Crippen molar-refractivity contribution in [2.24, 2.45) is 0 Å². The number of rotatable bonds is 14. The maximum atomic E-state index is 10.0. The Hall–Kier alpha value is -0.460. The molecule has 0 bridgehead atoms. The van der Waals surface area contributed by atoms with E-state index in [1.807, 2.05) is 0 Å². The van der Waals surface area contributed by atoms with Crippen LogP contribution >= 0.6 is 0 Å². The fourth-order valence-electron chi connectivity index (χ4n) is 3.15. The third kappa shape index (κ3) is 9.71. The highest BCUT2D eigenvalue weighted by Gasteiger charge is 2.38. The lowest BCUT2D eigenvalue weighted by Gasteiger charge is -2.37. The Morgan fingerprint density at radius 2 is 1.60 bits per heavy atom.